The number of unbranched alkanes of at least 4 members (excludes halogenated alkanes) is 11. The molecule has 0 atom stereocenters. The van der Waals surface area contributed by atoms with E-state index in [0.717, 1.165) is 12.8 Å². The minimum atomic E-state index is -2.80. The van der Waals surface area contributed by atoms with Crippen LogP contribution in [0.25, 0.3) is 0 Å². The molecule has 0 aromatic rings. The molecule has 18 heavy (non-hydrogen) atoms. The third-order valence-corrected chi connectivity index (χ3v) is 5.12. The van der Waals surface area contributed by atoms with Gasteiger partial charge in [-0.25, -0.2) is 0 Å². The van der Waals surface area contributed by atoms with Gasteiger partial charge >= 0.3 is 0 Å². The zero-order valence-corrected chi connectivity index (χ0v) is 14.2. The molecule has 1 nitrogen and oxygen atoms in total. The van der Waals surface area contributed by atoms with E-state index in [4.69, 9.17) is 22.5 Å². The maximum absolute atomic E-state index is 11.0. The van der Waals surface area contributed by atoms with E-state index < -0.39 is 5.85 Å². The Bertz CT molecular complexity index is 216. The molecule has 0 saturated heterocycles. The van der Waals surface area contributed by atoms with Crippen LogP contribution in [0, 0.1) is 0 Å². The van der Waals surface area contributed by atoms with Crippen molar-refractivity contribution >= 4 is 28.3 Å². The van der Waals surface area contributed by atoms with Crippen molar-refractivity contribution in [2.24, 2.45) is 0 Å². The van der Waals surface area contributed by atoms with E-state index in [-0.39, 0.29) is 0 Å². The van der Waals surface area contributed by atoms with Gasteiger partial charge in [-0.15, -0.1) is 0 Å². The molecule has 0 aliphatic carbocycles. The average Bonchev–Trinajstić information content (AvgIpc) is 2.29. The summed E-state index contributed by atoms with van der Waals surface area (Å²) >= 11 is 11.0. The molecule has 0 saturated carbocycles. The number of hydrogen-bond acceptors (Lipinski definition) is 1. The lowest BCUT2D eigenvalue weighted by molar-refractivity contribution is 0.547. The van der Waals surface area contributed by atoms with Crippen LogP contribution in [0.2, 0.25) is 0 Å². The smallest absolute Gasteiger partial charge is 0.253 e. The van der Waals surface area contributed by atoms with Crippen molar-refractivity contribution in [3.05, 3.63) is 0 Å². The fraction of sp³-hybridized carbons (Fsp3) is 1.00. The Hall–Kier alpha value is 0.810. The third-order valence-electron chi connectivity index (χ3n) is 3.27. The van der Waals surface area contributed by atoms with Crippen molar-refractivity contribution in [2.75, 3.05) is 6.16 Å². The molecule has 0 heterocycles. The Balaban J connectivity index is 3.01. The quantitative estimate of drug-likeness (QED) is 0.256. The molecule has 0 radical (unpaired) electrons. The van der Waals surface area contributed by atoms with E-state index in [1.165, 1.54) is 64.2 Å². The molecule has 0 amide bonds. The summed E-state index contributed by atoms with van der Waals surface area (Å²) in [4.78, 5) is 0. The van der Waals surface area contributed by atoms with Crippen LogP contribution in [0.5, 0.6) is 0 Å². The molecule has 0 spiro atoms. The molecule has 0 bridgehead atoms. The van der Waals surface area contributed by atoms with Crippen molar-refractivity contribution in [1.82, 2.24) is 0 Å². The van der Waals surface area contributed by atoms with Gasteiger partial charge in [0.2, 0.25) is 0 Å². The zero-order valence-electron chi connectivity index (χ0n) is 11.8. The van der Waals surface area contributed by atoms with E-state index in [1.54, 1.807) is 0 Å². The predicted octanol–water partition coefficient (Wildman–Crippen LogP) is 7.36. The lowest BCUT2D eigenvalue weighted by Crippen LogP contribution is -1.84. The highest BCUT2D eigenvalue weighted by Crippen LogP contribution is 2.57. The molecule has 0 fully saturated rings. The van der Waals surface area contributed by atoms with Gasteiger partial charge in [-0.1, -0.05) is 77.6 Å². The van der Waals surface area contributed by atoms with E-state index in [9.17, 15) is 4.57 Å². The first-order valence-electron chi connectivity index (χ1n) is 7.54. The van der Waals surface area contributed by atoms with Crippen molar-refractivity contribution in [1.29, 1.82) is 0 Å². The second-order valence-corrected chi connectivity index (χ2v) is 10.6. The van der Waals surface area contributed by atoms with Crippen molar-refractivity contribution in [3.8, 4) is 0 Å². The summed E-state index contributed by atoms with van der Waals surface area (Å²) in [7, 11) is 0. The second-order valence-electron chi connectivity index (χ2n) is 5.18. The minimum absolute atomic E-state index is 0.480. The standard InChI is InChI=1S/C14H29Cl2OP/c1-2-3-4-5-6-7-8-9-10-11-12-13-14-18(15,16)17/h2-14H2,1H3. The van der Waals surface area contributed by atoms with Crippen LogP contribution >= 0.6 is 28.3 Å². The third kappa shape index (κ3) is 16.8. The summed E-state index contributed by atoms with van der Waals surface area (Å²) in [5, 5.41) is 0. The summed E-state index contributed by atoms with van der Waals surface area (Å²) in [5.74, 6) is -2.80. The summed E-state index contributed by atoms with van der Waals surface area (Å²) < 4.78 is 11.0. The van der Waals surface area contributed by atoms with Gasteiger partial charge in [-0.05, 0) is 28.9 Å². The van der Waals surface area contributed by atoms with Crippen LogP contribution in [0.3, 0.4) is 0 Å². The Morgan fingerprint density at radius 1 is 0.667 bits per heavy atom. The summed E-state index contributed by atoms with van der Waals surface area (Å²) in [6, 6.07) is 0. The largest absolute Gasteiger partial charge is 0.289 e. The van der Waals surface area contributed by atoms with Gasteiger partial charge in [-0.2, -0.15) is 0 Å². The summed E-state index contributed by atoms with van der Waals surface area (Å²) in [5.41, 5.74) is 0. The second kappa shape index (κ2) is 12.8. The van der Waals surface area contributed by atoms with E-state index in [1.807, 2.05) is 0 Å². The maximum atomic E-state index is 11.0. The van der Waals surface area contributed by atoms with Crippen molar-refractivity contribution in [2.45, 2.75) is 84.0 Å². The Labute approximate surface area is 123 Å². The molecular weight excluding hydrogens is 286 g/mol. The fourth-order valence-electron chi connectivity index (χ4n) is 2.14. The summed E-state index contributed by atoms with van der Waals surface area (Å²) in [6.07, 6.45) is 16.1. The number of rotatable bonds is 13. The topological polar surface area (TPSA) is 17.1 Å². The van der Waals surface area contributed by atoms with Crippen LogP contribution in [0.15, 0.2) is 0 Å². The van der Waals surface area contributed by atoms with Crippen LogP contribution in [-0.4, -0.2) is 6.16 Å². The predicted molar refractivity (Wildman–Crippen MR) is 85.3 cm³/mol. The van der Waals surface area contributed by atoms with Gasteiger partial charge in [0.05, 0.1) is 0 Å². The fourth-order valence-corrected chi connectivity index (χ4v) is 3.45. The van der Waals surface area contributed by atoms with Gasteiger partial charge in [0, 0.05) is 6.16 Å². The number of hydrogen-bond donors (Lipinski definition) is 0. The van der Waals surface area contributed by atoms with Crippen molar-refractivity contribution in [3.63, 3.8) is 0 Å². The van der Waals surface area contributed by atoms with Crippen LogP contribution in [-0.2, 0) is 4.57 Å². The highest BCUT2D eigenvalue weighted by Gasteiger charge is 2.11. The summed E-state index contributed by atoms with van der Waals surface area (Å²) in [6.45, 7) is 2.26. The first kappa shape index (κ1) is 18.8. The monoisotopic (exact) mass is 314 g/mol. The maximum Gasteiger partial charge on any atom is 0.253 e. The Morgan fingerprint density at radius 2 is 1.00 bits per heavy atom. The molecule has 110 valence electrons. The molecule has 0 aliphatic heterocycles. The van der Waals surface area contributed by atoms with Gasteiger partial charge < -0.3 is 0 Å². The van der Waals surface area contributed by atoms with E-state index in [0.29, 0.717) is 6.16 Å². The highest BCUT2D eigenvalue weighted by atomic mass is 35.9. The van der Waals surface area contributed by atoms with Crippen LogP contribution < -0.4 is 0 Å². The first-order chi connectivity index (χ1) is 8.56. The molecule has 0 aromatic heterocycles. The van der Waals surface area contributed by atoms with Gasteiger partial charge in [0.15, 0.2) is 0 Å². The SMILES string of the molecule is CCCCCCCCCCCCCCP(=O)(Cl)Cl. The van der Waals surface area contributed by atoms with Crippen LogP contribution in [0.1, 0.15) is 84.0 Å². The Morgan fingerprint density at radius 3 is 1.33 bits per heavy atom. The van der Waals surface area contributed by atoms with Crippen LogP contribution in [0.4, 0.5) is 0 Å². The van der Waals surface area contributed by atoms with Gasteiger partial charge in [0.1, 0.15) is 0 Å². The lowest BCUT2D eigenvalue weighted by atomic mass is 10.1. The van der Waals surface area contributed by atoms with Gasteiger partial charge in [-0.3, -0.25) is 4.57 Å². The minimum Gasteiger partial charge on any atom is -0.289 e. The van der Waals surface area contributed by atoms with E-state index in [2.05, 4.69) is 6.92 Å². The molecule has 0 rings (SSSR count). The zero-order chi connectivity index (χ0) is 13.7. The molecule has 4 heteroatoms. The molecule has 0 unspecified atom stereocenters. The van der Waals surface area contributed by atoms with E-state index >= 15 is 0 Å². The average molecular weight is 315 g/mol. The molecule has 0 aromatic carbocycles. The van der Waals surface area contributed by atoms with Crippen molar-refractivity contribution < 1.29 is 4.57 Å². The normalized spacial score (nSPS) is 11.9. The highest BCUT2D eigenvalue weighted by molar-refractivity contribution is 8.08. The lowest BCUT2D eigenvalue weighted by Gasteiger charge is -2.03. The number of halogens is 2. The van der Waals surface area contributed by atoms with Gasteiger partial charge in [0.25, 0.3) is 5.85 Å². The molecular formula is C14H29Cl2OP. The Kier molecular flexibility index (Phi) is 13.4. The molecule has 0 aliphatic rings. The molecule has 0 N–H and O–H groups in total. The first-order valence-corrected chi connectivity index (χ1v) is 11.2.